The molecule has 0 aliphatic heterocycles. The van der Waals surface area contributed by atoms with Crippen LogP contribution in [0, 0.1) is 5.92 Å². The fourth-order valence-corrected chi connectivity index (χ4v) is 3.83. The predicted octanol–water partition coefficient (Wildman–Crippen LogP) is 5.48. The number of carbonyl (C=O) groups excluding carboxylic acids is 1. The number of nitrogens with zero attached hydrogens (tertiary/aromatic N) is 1. The minimum atomic E-state index is -4.36. The summed E-state index contributed by atoms with van der Waals surface area (Å²) >= 11 is 0. The summed E-state index contributed by atoms with van der Waals surface area (Å²) in [5.41, 5.74) is 0.870. The molecule has 2 aromatic rings. The SMILES string of the molecule is CCOC(=O)CC1CCC(c2ccnc3ccc(C(F)(F)F)cc23)CC1. The molecule has 0 radical (unpaired) electrons. The Morgan fingerprint density at radius 1 is 1.19 bits per heavy atom. The van der Waals surface area contributed by atoms with Crippen molar-refractivity contribution >= 4 is 16.9 Å². The molecule has 1 aromatic carbocycles. The number of esters is 1. The molecule has 0 saturated heterocycles. The topological polar surface area (TPSA) is 39.2 Å². The van der Waals surface area contributed by atoms with Crippen molar-refractivity contribution < 1.29 is 22.7 Å². The van der Waals surface area contributed by atoms with Gasteiger partial charge in [0.15, 0.2) is 0 Å². The molecule has 1 aliphatic carbocycles. The number of rotatable bonds is 4. The van der Waals surface area contributed by atoms with Crippen molar-refractivity contribution in [1.82, 2.24) is 4.98 Å². The van der Waals surface area contributed by atoms with Gasteiger partial charge >= 0.3 is 12.1 Å². The number of fused-ring (bicyclic) bond motifs is 1. The van der Waals surface area contributed by atoms with E-state index in [9.17, 15) is 18.0 Å². The van der Waals surface area contributed by atoms with Crippen LogP contribution in [0.4, 0.5) is 13.2 Å². The van der Waals surface area contributed by atoms with Gasteiger partial charge < -0.3 is 4.74 Å². The molecule has 3 rings (SSSR count). The molecule has 26 heavy (non-hydrogen) atoms. The molecule has 3 nitrogen and oxygen atoms in total. The van der Waals surface area contributed by atoms with Crippen LogP contribution in [0.1, 0.15) is 56.1 Å². The molecule has 0 atom stereocenters. The standard InChI is InChI=1S/C20H22F3NO2/c1-2-26-19(25)11-13-3-5-14(6-4-13)16-9-10-24-18-8-7-15(12-17(16)18)20(21,22)23/h7-10,12-14H,2-6,11H2,1H3. The number of aromatic nitrogens is 1. The molecule has 0 N–H and O–H groups in total. The lowest BCUT2D eigenvalue weighted by Gasteiger charge is -2.29. The molecular weight excluding hydrogens is 343 g/mol. The summed E-state index contributed by atoms with van der Waals surface area (Å²) in [4.78, 5) is 15.8. The van der Waals surface area contributed by atoms with E-state index < -0.39 is 11.7 Å². The Morgan fingerprint density at radius 3 is 2.58 bits per heavy atom. The van der Waals surface area contributed by atoms with Crippen LogP contribution in [0.5, 0.6) is 0 Å². The Bertz CT molecular complexity index is 780. The molecule has 1 heterocycles. The predicted molar refractivity (Wildman–Crippen MR) is 92.7 cm³/mol. The Labute approximate surface area is 150 Å². The maximum Gasteiger partial charge on any atom is 0.416 e. The lowest BCUT2D eigenvalue weighted by molar-refractivity contribution is -0.144. The summed E-state index contributed by atoms with van der Waals surface area (Å²) in [6.45, 7) is 2.18. The van der Waals surface area contributed by atoms with Crippen molar-refractivity contribution in [3.05, 3.63) is 41.6 Å². The average molecular weight is 365 g/mol. The van der Waals surface area contributed by atoms with E-state index in [1.807, 2.05) is 6.07 Å². The van der Waals surface area contributed by atoms with Crippen LogP contribution in [-0.2, 0) is 15.7 Å². The molecule has 1 aliphatic rings. The van der Waals surface area contributed by atoms with Gasteiger partial charge in [-0.15, -0.1) is 0 Å². The molecule has 1 fully saturated rings. The van der Waals surface area contributed by atoms with Crippen molar-refractivity contribution in [2.75, 3.05) is 6.61 Å². The number of benzene rings is 1. The largest absolute Gasteiger partial charge is 0.466 e. The van der Waals surface area contributed by atoms with Crippen LogP contribution in [0.2, 0.25) is 0 Å². The highest BCUT2D eigenvalue weighted by Crippen LogP contribution is 2.40. The van der Waals surface area contributed by atoms with Gasteiger partial charge in [0.1, 0.15) is 0 Å². The van der Waals surface area contributed by atoms with E-state index in [0.717, 1.165) is 37.3 Å². The summed E-state index contributed by atoms with van der Waals surface area (Å²) < 4.78 is 44.2. The third-order valence-electron chi connectivity index (χ3n) is 5.15. The normalized spacial score (nSPS) is 20.9. The first kappa shape index (κ1) is 18.7. The van der Waals surface area contributed by atoms with E-state index in [2.05, 4.69) is 4.98 Å². The van der Waals surface area contributed by atoms with Gasteiger partial charge in [-0.1, -0.05) is 0 Å². The van der Waals surface area contributed by atoms with Gasteiger partial charge in [-0.3, -0.25) is 9.78 Å². The fraction of sp³-hybridized carbons (Fsp3) is 0.500. The molecular formula is C20H22F3NO2. The second kappa shape index (κ2) is 7.64. The van der Waals surface area contributed by atoms with Gasteiger partial charge in [-0.2, -0.15) is 13.2 Å². The zero-order chi connectivity index (χ0) is 18.7. The minimum Gasteiger partial charge on any atom is -0.466 e. The molecule has 6 heteroatoms. The van der Waals surface area contributed by atoms with E-state index in [1.54, 1.807) is 13.1 Å². The maximum absolute atomic E-state index is 13.1. The van der Waals surface area contributed by atoms with Crippen molar-refractivity contribution in [2.45, 2.75) is 51.1 Å². The monoisotopic (exact) mass is 365 g/mol. The number of carbonyl (C=O) groups is 1. The number of hydrogen-bond acceptors (Lipinski definition) is 3. The van der Waals surface area contributed by atoms with Crippen LogP contribution in [0.25, 0.3) is 10.9 Å². The van der Waals surface area contributed by atoms with Crippen molar-refractivity contribution in [1.29, 1.82) is 0 Å². The highest BCUT2D eigenvalue weighted by Gasteiger charge is 2.31. The van der Waals surface area contributed by atoms with Gasteiger partial charge in [-0.05, 0) is 74.3 Å². The first-order chi connectivity index (χ1) is 12.4. The van der Waals surface area contributed by atoms with Crippen LogP contribution >= 0.6 is 0 Å². The van der Waals surface area contributed by atoms with E-state index >= 15 is 0 Å². The number of ether oxygens (including phenoxy) is 1. The van der Waals surface area contributed by atoms with Gasteiger partial charge in [0.2, 0.25) is 0 Å². The van der Waals surface area contributed by atoms with Gasteiger partial charge in [0, 0.05) is 18.0 Å². The summed E-state index contributed by atoms with van der Waals surface area (Å²) in [6.07, 6.45) is 1.21. The maximum atomic E-state index is 13.1. The number of hydrogen-bond donors (Lipinski definition) is 0. The Kier molecular flexibility index (Phi) is 5.49. The van der Waals surface area contributed by atoms with E-state index in [4.69, 9.17) is 4.74 Å². The summed E-state index contributed by atoms with van der Waals surface area (Å²) in [7, 11) is 0. The Morgan fingerprint density at radius 2 is 1.92 bits per heavy atom. The highest BCUT2D eigenvalue weighted by molar-refractivity contribution is 5.83. The molecule has 0 amide bonds. The van der Waals surface area contributed by atoms with Crippen molar-refractivity contribution in [3.63, 3.8) is 0 Å². The molecule has 140 valence electrons. The van der Waals surface area contributed by atoms with Gasteiger partial charge in [0.05, 0.1) is 17.7 Å². The third kappa shape index (κ3) is 4.17. The fourth-order valence-electron chi connectivity index (χ4n) is 3.83. The van der Waals surface area contributed by atoms with Crippen LogP contribution in [0.3, 0.4) is 0 Å². The second-order valence-corrected chi connectivity index (χ2v) is 6.86. The van der Waals surface area contributed by atoms with Gasteiger partial charge in [-0.25, -0.2) is 0 Å². The molecule has 0 spiro atoms. The van der Waals surface area contributed by atoms with E-state index in [1.165, 1.54) is 12.1 Å². The van der Waals surface area contributed by atoms with E-state index in [0.29, 0.717) is 29.8 Å². The first-order valence-corrected chi connectivity index (χ1v) is 9.00. The zero-order valence-corrected chi connectivity index (χ0v) is 14.7. The Hall–Kier alpha value is -2.11. The lowest BCUT2D eigenvalue weighted by Crippen LogP contribution is -2.18. The smallest absolute Gasteiger partial charge is 0.416 e. The summed E-state index contributed by atoms with van der Waals surface area (Å²) in [5.74, 6) is 0.326. The number of pyridine rings is 1. The quantitative estimate of drug-likeness (QED) is 0.674. The number of halogens is 3. The van der Waals surface area contributed by atoms with E-state index in [-0.39, 0.29) is 11.9 Å². The minimum absolute atomic E-state index is 0.167. The van der Waals surface area contributed by atoms with Crippen LogP contribution in [0.15, 0.2) is 30.5 Å². The summed E-state index contributed by atoms with van der Waals surface area (Å²) in [6, 6.07) is 5.56. The van der Waals surface area contributed by atoms with Crippen LogP contribution < -0.4 is 0 Å². The number of alkyl halides is 3. The van der Waals surface area contributed by atoms with Crippen LogP contribution in [-0.4, -0.2) is 17.6 Å². The van der Waals surface area contributed by atoms with Gasteiger partial charge in [0.25, 0.3) is 0 Å². The molecule has 1 aromatic heterocycles. The highest BCUT2D eigenvalue weighted by atomic mass is 19.4. The Balaban J connectivity index is 1.78. The second-order valence-electron chi connectivity index (χ2n) is 6.86. The van der Waals surface area contributed by atoms with Crippen molar-refractivity contribution in [3.8, 4) is 0 Å². The first-order valence-electron chi connectivity index (χ1n) is 9.00. The van der Waals surface area contributed by atoms with Crippen molar-refractivity contribution in [2.24, 2.45) is 5.92 Å². The average Bonchev–Trinajstić information content (AvgIpc) is 2.61. The molecule has 1 saturated carbocycles. The lowest BCUT2D eigenvalue weighted by atomic mass is 9.77. The summed E-state index contributed by atoms with van der Waals surface area (Å²) in [5, 5.41) is 0.580. The molecule has 0 unspecified atom stereocenters. The third-order valence-corrected chi connectivity index (χ3v) is 5.15. The zero-order valence-electron chi connectivity index (χ0n) is 14.7. The molecule has 0 bridgehead atoms.